The maximum Gasteiger partial charge on any atom is 0.229 e. The van der Waals surface area contributed by atoms with Crippen LogP contribution in [0.25, 0.3) is 11.1 Å². The summed E-state index contributed by atoms with van der Waals surface area (Å²) in [5.74, 6) is 1.12. The molecule has 2 fully saturated rings. The van der Waals surface area contributed by atoms with Crippen molar-refractivity contribution in [2.75, 3.05) is 19.6 Å². The normalized spacial score (nSPS) is 23.0. The number of hydrogen-bond donors (Lipinski definition) is 2. The Morgan fingerprint density at radius 1 is 1.10 bits per heavy atom. The third-order valence-corrected chi connectivity index (χ3v) is 6.25. The van der Waals surface area contributed by atoms with Crippen molar-refractivity contribution in [3.63, 3.8) is 0 Å². The molecule has 150 valence electrons. The molecule has 2 aliphatic heterocycles. The molecule has 29 heavy (non-hydrogen) atoms. The fraction of sp³-hybridized carbons (Fsp3) is 0.364. The van der Waals surface area contributed by atoms with Crippen molar-refractivity contribution in [2.24, 2.45) is 5.92 Å². The molecule has 0 aliphatic carbocycles. The van der Waals surface area contributed by atoms with E-state index in [4.69, 9.17) is 16.0 Å². The number of piperidine rings is 1. The number of halogens is 1. The van der Waals surface area contributed by atoms with Crippen LogP contribution in [0.2, 0.25) is 5.02 Å². The Morgan fingerprint density at radius 3 is 2.62 bits per heavy atom. The van der Waals surface area contributed by atoms with Crippen molar-refractivity contribution in [1.29, 1.82) is 0 Å². The number of likely N-dealkylation sites (tertiary alicyclic amines) is 1. The summed E-state index contributed by atoms with van der Waals surface area (Å²) >= 11 is 6.01. The first-order chi connectivity index (χ1) is 14.2. The molecular weight excluding hydrogens is 388 g/mol. The van der Waals surface area contributed by atoms with Gasteiger partial charge in [-0.1, -0.05) is 35.9 Å². The smallest absolute Gasteiger partial charge is 0.229 e. The number of benzene rings is 2. The predicted octanol–water partition coefficient (Wildman–Crippen LogP) is 3.65. The fourth-order valence-electron chi connectivity index (χ4n) is 4.36. The molecule has 2 atom stereocenters. The first-order valence-corrected chi connectivity index (χ1v) is 10.4. The number of hydrogen-bond acceptors (Lipinski definition) is 5. The highest BCUT2D eigenvalue weighted by Gasteiger charge is 2.38. The first-order valence-electron chi connectivity index (χ1n) is 10.1. The van der Waals surface area contributed by atoms with Crippen molar-refractivity contribution in [3.8, 4) is 0 Å². The van der Waals surface area contributed by atoms with Gasteiger partial charge in [0.15, 0.2) is 11.5 Å². The number of carbonyl (C=O) groups excluding carboxylic acids is 1. The van der Waals surface area contributed by atoms with Gasteiger partial charge < -0.3 is 9.32 Å². The van der Waals surface area contributed by atoms with Crippen molar-refractivity contribution >= 4 is 28.6 Å². The van der Waals surface area contributed by atoms with Crippen molar-refractivity contribution < 1.29 is 9.21 Å². The highest BCUT2D eigenvalue weighted by molar-refractivity contribution is 6.30. The van der Waals surface area contributed by atoms with Gasteiger partial charge in [-0.3, -0.25) is 10.2 Å². The highest BCUT2D eigenvalue weighted by atomic mass is 35.5. The topological polar surface area (TPSA) is 70.4 Å². The molecule has 5 rings (SSSR count). The quantitative estimate of drug-likeness (QED) is 0.689. The largest absolute Gasteiger partial charge is 0.440 e. The van der Waals surface area contributed by atoms with Gasteiger partial charge in [0.1, 0.15) is 5.52 Å². The van der Waals surface area contributed by atoms with Gasteiger partial charge in [0.05, 0.1) is 12.0 Å². The molecule has 0 radical (unpaired) electrons. The maximum absolute atomic E-state index is 13.2. The van der Waals surface area contributed by atoms with E-state index in [1.165, 1.54) is 0 Å². The Morgan fingerprint density at radius 2 is 1.86 bits per heavy atom. The summed E-state index contributed by atoms with van der Waals surface area (Å²) in [6, 6.07) is 15.5. The van der Waals surface area contributed by atoms with Gasteiger partial charge in [0.2, 0.25) is 5.91 Å². The third-order valence-electron chi connectivity index (χ3n) is 5.99. The zero-order chi connectivity index (χ0) is 19.8. The molecule has 7 heteroatoms. The summed E-state index contributed by atoms with van der Waals surface area (Å²) in [6.45, 7) is 2.08. The van der Waals surface area contributed by atoms with E-state index >= 15 is 0 Å². The van der Waals surface area contributed by atoms with E-state index in [1.807, 2.05) is 53.4 Å². The second-order valence-corrected chi connectivity index (χ2v) is 8.22. The summed E-state index contributed by atoms with van der Waals surface area (Å²) < 4.78 is 5.94. The van der Waals surface area contributed by atoms with E-state index in [-0.39, 0.29) is 23.8 Å². The highest BCUT2D eigenvalue weighted by Crippen LogP contribution is 2.32. The average molecular weight is 411 g/mol. The number of fused-ring (bicyclic) bond motifs is 1. The van der Waals surface area contributed by atoms with Crippen LogP contribution in [0, 0.1) is 5.92 Å². The number of carbonyl (C=O) groups is 1. The summed E-state index contributed by atoms with van der Waals surface area (Å²) in [5, 5.41) is 0.698. The van der Waals surface area contributed by atoms with Crippen LogP contribution < -0.4 is 10.9 Å². The van der Waals surface area contributed by atoms with E-state index in [9.17, 15) is 4.79 Å². The zero-order valence-electron chi connectivity index (χ0n) is 16.0. The van der Waals surface area contributed by atoms with E-state index < -0.39 is 0 Å². The predicted molar refractivity (Wildman–Crippen MR) is 111 cm³/mol. The Labute approximate surface area is 174 Å². The van der Waals surface area contributed by atoms with Crippen LogP contribution in [0.5, 0.6) is 0 Å². The number of hydrazine groups is 1. The number of nitrogens with zero attached hydrogens (tertiary/aromatic N) is 2. The van der Waals surface area contributed by atoms with Crippen LogP contribution in [-0.4, -0.2) is 35.4 Å². The van der Waals surface area contributed by atoms with Gasteiger partial charge in [0.25, 0.3) is 0 Å². The van der Waals surface area contributed by atoms with Crippen LogP contribution in [0.1, 0.15) is 36.3 Å². The molecule has 3 aromatic rings. The van der Waals surface area contributed by atoms with Crippen LogP contribution in [0.15, 0.2) is 52.9 Å². The molecule has 2 saturated heterocycles. The lowest BCUT2D eigenvalue weighted by atomic mass is 9.91. The van der Waals surface area contributed by atoms with Crippen LogP contribution in [0.3, 0.4) is 0 Å². The summed E-state index contributed by atoms with van der Waals surface area (Å²) in [7, 11) is 0. The van der Waals surface area contributed by atoms with Crippen molar-refractivity contribution in [3.05, 3.63) is 65.0 Å². The van der Waals surface area contributed by atoms with E-state index in [2.05, 4.69) is 15.8 Å². The van der Waals surface area contributed by atoms with Crippen molar-refractivity contribution in [1.82, 2.24) is 20.7 Å². The molecule has 0 saturated carbocycles. The Kier molecular flexibility index (Phi) is 4.99. The summed E-state index contributed by atoms with van der Waals surface area (Å²) in [6.07, 6.45) is 1.75. The van der Waals surface area contributed by atoms with Gasteiger partial charge in [0, 0.05) is 30.6 Å². The lowest BCUT2D eigenvalue weighted by molar-refractivity contribution is -0.136. The maximum atomic E-state index is 13.2. The first kappa shape index (κ1) is 18.6. The van der Waals surface area contributed by atoms with Gasteiger partial charge in [-0.15, -0.1) is 0 Å². The van der Waals surface area contributed by atoms with Crippen LogP contribution >= 0.6 is 11.6 Å². The second kappa shape index (κ2) is 7.78. The minimum absolute atomic E-state index is 0.0467. The monoisotopic (exact) mass is 410 g/mol. The number of aromatic nitrogens is 1. The zero-order valence-corrected chi connectivity index (χ0v) is 16.7. The molecule has 1 aromatic heterocycles. The minimum atomic E-state index is -0.128. The van der Waals surface area contributed by atoms with Gasteiger partial charge >= 0.3 is 0 Å². The summed E-state index contributed by atoms with van der Waals surface area (Å²) in [5.41, 5.74) is 9.19. The Balaban J connectivity index is 1.25. The standard InChI is InChI=1S/C22H23ClN4O2/c23-16-7-5-14(6-8-16)20-17(13-24-26-20)22(28)27-11-9-15(10-12-27)21-25-18-3-1-2-4-19(18)29-21/h1-8,15,17,20,24,26H,9-13H2. The second-order valence-electron chi connectivity index (χ2n) is 7.78. The fourth-order valence-corrected chi connectivity index (χ4v) is 4.48. The Hall–Kier alpha value is -2.41. The number of rotatable bonds is 3. The lowest BCUT2D eigenvalue weighted by Crippen LogP contribution is -2.43. The number of nitrogens with one attached hydrogen (secondary N) is 2. The molecule has 2 aliphatic rings. The third kappa shape index (κ3) is 3.64. The summed E-state index contributed by atoms with van der Waals surface area (Å²) in [4.78, 5) is 19.8. The molecule has 0 bridgehead atoms. The van der Waals surface area contributed by atoms with E-state index in [1.54, 1.807) is 0 Å². The number of amides is 1. The van der Waals surface area contributed by atoms with Crippen LogP contribution in [0.4, 0.5) is 0 Å². The molecular formula is C22H23ClN4O2. The molecule has 2 unspecified atom stereocenters. The minimum Gasteiger partial charge on any atom is -0.440 e. The van der Waals surface area contributed by atoms with E-state index in [0.717, 1.165) is 48.5 Å². The SMILES string of the molecule is O=C(C1CNNC1c1ccc(Cl)cc1)N1CCC(c2nc3ccccc3o2)CC1. The molecule has 2 N–H and O–H groups in total. The van der Waals surface area contributed by atoms with Crippen molar-refractivity contribution in [2.45, 2.75) is 24.8 Å². The van der Waals surface area contributed by atoms with Gasteiger partial charge in [-0.05, 0) is 42.7 Å². The molecule has 2 aromatic carbocycles. The molecule has 0 spiro atoms. The van der Waals surface area contributed by atoms with Crippen LogP contribution in [-0.2, 0) is 4.79 Å². The Bertz CT molecular complexity index is 978. The molecule has 1 amide bonds. The molecule has 3 heterocycles. The van der Waals surface area contributed by atoms with Gasteiger partial charge in [-0.2, -0.15) is 0 Å². The number of para-hydroxylation sites is 2. The van der Waals surface area contributed by atoms with Gasteiger partial charge in [-0.25, -0.2) is 10.4 Å². The average Bonchev–Trinajstić information content (AvgIpc) is 3.41. The van der Waals surface area contributed by atoms with E-state index in [0.29, 0.717) is 11.6 Å². The lowest BCUT2D eigenvalue weighted by Gasteiger charge is -2.33. The molecule has 6 nitrogen and oxygen atoms in total. The number of oxazole rings is 1.